The third-order valence-electron chi connectivity index (χ3n) is 6.21. The molecule has 2 aromatic carbocycles. The van der Waals surface area contributed by atoms with Crippen LogP contribution in [0.2, 0.25) is 5.82 Å². The van der Waals surface area contributed by atoms with E-state index in [-0.39, 0.29) is 19.0 Å². The van der Waals surface area contributed by atoms with E-state index in [1.54, 1.807) is 11.3 Å². The molecule has 0 saturated carbocycles. The van der Waals surface area contributed by atoms with Gasteiger partial charge in [-0.15, -0.1) is 11.3 Å². The molecule has 2 aliphatic heterocycles. The number of esters is 2. The van der Waals surface area contributed by atoms with Gasteiger partial charge in [0.05, 0.1) is 26.2 Å². The molecule has 7 nitrogen and oxygen atoms in total. The number of ether oxygens (including phenoxy) is 2. The second-order valence-electron chi connectivity index (χ2n) is 7.76. The molecule has 31 heavy (non-hydrogen) atoms. The average molecular weight is 435 g/mol. The summed E-state index contributed by atoms with van der Waals surface area (Å²) in [6, 6.07) is 15.0. The van der Waals surface area contributed by atoms with Crippen LogP contribution >= 0.6 is 11.3 Å². The van der Waals surface area contributed by atoms with Crippen LogP contribution in [0.5, 0.6) is 0 Å². The summed E-state index contributed by atoms with van der Waals surface area (Å²) in [4.78, 5) is 26.8. The monoisotopic (exact) mass is 435 g/mol. The Balaban J connectivity index is 1.59. The Morgan fingerprint density at radius 3 is 2.19 bits per heavy atom. The van der Waals surface area contributed by atoms with Crippen molar-refractivity contribution in [2.75, 3.05) is 24.7 Å². The molecule has 1 fully saturated rings. The van der Waals surface area contributed by atoms with E-state index in [4.69, 9.17) is 9.47 Å². The van der Waals surface area contributed by atoms with Crippen LogP contribution in [-0.4, -0.2) is 39.2 Å². The number of hydrogen-bond acceptors (Lipinski definition) is 8. The first kappa shape index (κ1) is 19.9. The first-order valence-electron chi connectivity index (χ1n) is 10.1. The minimum Gasteiger partial charge on any atom is -0.469 e. The zero-order chi connectivity index (χ0) is 21.5. The molecular formula is C22H22BN3O4S. The van der Waals surface area contributed by atoms with Crippen molar-refractivity contribution in [3.63, 3.8) is 0 Å². The van der Waals surface area contributed by atoms with Crippen molar-refractivity contribution in [3.05, 3.63) is 58.8 Å². The van der Waals surface area contributed by atoms with Crippen LogP contribution in [0.25, 0.3) is 10.8 Å². The van der Waals surface area contributed by atoms with Gasteiger partial charge in [-0.2, -0.15) is 0 Å². The van der Waals surface area contributed by atoms with Crippen molar-refractivity contribution in [2.45, 2.75) is 17.9 Å². The van der Waals surface area contributed by atoms with Crippen LogP contribution in [0, 0.1) is 5.92 Å². The molecule has 9 heteroatoms. The molecule has 1 saturated heterocycles. The molecule has 0 unspecified atom stereocenters. The molecule has 1 aromatic heterocycles. The van der Waals surface area contributed by atoms with Crippen LogP contribution in [0.3, 0.4) is 0 Å². The van der Waals surface area contributed by atoms with Crippen molar-refractivity contribution < 1.29 is 19.1 Å². The van der Waals surface area contributed by atoms with Gasteiger partial charge in [-0.05, 0) is 29.0 Å². The maximum Gasteiger partial charge on any atom is 0.376 e. The molecule has 3 heterocycles. The fourth-order valence-electron chi connectivity index (χ4n) is 4.89. The largest absolute Gasteiger partial charge is 0.469 e. The van der Waals surface area contributed by atoms with Gasteiger partial charge in [0.15, 0.2) is 0 Å². The highest BCUT2D eigenvalue weighted by atomic mass is 32.1. The summed E-state index contributed by atoms with van der Waals surface area (Å²) in [5, 5.41) is 14.6. The quantitative estimate of drug-likeness (QED) is 0.428. The van der Waals surface area contributed by atoms with E-state index in [1.165, 1.54) is 14.2 Å². The maximum absolute atomic E-state index is 13.0. The predicted octanol–water partition coefficient (Wildman–Crippen LogP) is 3.27. The Hall–Kier alpha value is -3.04. The molecule has 158 valence electrons. The van der Waals surface area contributed by atoms with Gasteiger partial charge in [0, 0.05) is 27.5 Å². The van der Waals surface area contributed by atoms with Crippen LogP contribution in [0.15, 0.2) is 53.9 Å². The maximum atomic E-state index is 13.0. The highest BCUT2D eigenvalue weighted by Crippen LogP contribution is 2.47. The van der Waals surface area contributed by atoms with E-state index in [1.807, 2.05) is 41.8 Å². The van der Waals surface area contributed by atoms with Gasteiger partial charge < -0.3 is 19.9 Å². The van der Waals surface area contributed by atoms with Gasteiger partial charge in [0.25, 0.3) is 0 Å². The average Bonchev–Trinajstić information content (AvgIpc) is 3.46. The third kappa shape index (κ3) is 3.25. The van der Waals surface area contributed by atoms with Crippen LogP contribution in [0.4, 0.5) is 11.4 Å². The number of carbonyl (C=O) groups is 2. The van der Waals surface area contributed by atoms with E-state index in [9.17, 15) is 9.59 Å². The first-order valence-corrected chi connectivity index (χ1v) is 11.0. The lowest BCUT2D eigenvalue weighted by Gasteiger charge is -2.33. The van der Waals surface area contributed by atoms with E-state index in [2.05, 4.69) is 27.9 Å². The second kappa shape index (κ2) is 7.90. The number of nitrogens with one attached hydrogen (secondary N) is 3. The molecule has 0 aliphatic carbocycles. The number of benzene rings is 2. The predicted molar refractivity (Wildman–Crippen MR) is 122 cm³/mol. The Morgan fingerprint density at radius 2 is 1.61 bits per heavy atom. The molecule has 3 aromatic rings. The van der Waals surface area contributed by atoms with Crippen molar-refractivity contribution in [3.8, 4) is 0 Å². The summed E-state index contributed by atoms with van der Waals surface area (Å²) in [5.74, 6) is -1.79. The third-order valence-corrected chi connectivity index (χ3v) is 7.16. The first-order chi connectivity index (χ1) is 15.1. The van der Waals surface area contributed by atoms with Crippen molar-refractivity contribution in [1.82, 2.24) is 5.32 Å². The van der Waals surface area contributed by atoms with Crippen LogP contribution < -0.4 is 15.8 Å². The number of thiophene rings is 1. The van der Waals surface area contributed by atoms with Crippen molar-refractivity contribution in [1.29, 1.82) is 0 Å². The number of hydrogen-bond donors (Lipinski definition) is 3. The summed E-state index contributed by atoms with van der Waals surface area (Å²) in [7, 11) is 2.75. The lowest BCUT2D eigenvalue weighted by atomic mass is 9.53. The van der Waals surface area contributed by atoms with Crippen LogP contribution in [-0.2, 0) is 19.1 Å². The molecule has 0 bridgehead atoms. The van der Waals surface area contributed by atoms with E-state index >= 15 is 0 Å². The Bertz CT molecular complexity index is 1100. The van der Waals surface area contributed by atoms with Crippen molar-refractivity contribution >= 4 is 52.4 Å². The summed E-state index contributed by atoms with van der Waals surface area (Å²) in [6.45, 7) is -0.383. The smallest absolute Gasteiger partial charge is 0.376 e. The summed E-state index contributed by atoms with van der Waals surface area (Å²) < 4.78 is 10.3. The lowest BCUT2D eigenvalue weighted by molar-refractivity contribution is -0.146. The summed E-state index contributed by atoms with van der Waals surface area (Å²) >= 11 is 1.54. The van der Waals surface area contributed by atoms with Gasteiger partial charge >= 0.3 is 18.9 Å². The molecule has 0 amide bonds. The molecule has 0 radical (unpaired) electrons. The number of methoxy groups -OCH3 is 2. The van der Waals surface area contributed by atoms with E-state index in [0.717, 1.165) is 27.0 Å². The lowest BCUT2D eigenvalue weighted by Crippen LogP contribution is -2.50. The fourth-order valence-corrected chi connectivity index (χ4v) is 5.72. The molecule has 2 aliphatic rings. The highest BCUT2D eigenvalue weighted by molar-refractivity contribution is 7.10. The standard InChI is InChI=1S/C22H22BN3O4S/c1-29-21(27)17-18(20(22(28)30-2)24-19(17)15-10-5-11-31-15)23-25-13-8-3-6-12-7-4-9-14(26-23)16(12)13/h3-11,17-20,24-26H,1-2H3/t17-,18-,19-,20-/m0/s1. The number of anilines is 2. The normalized spacial score (nSPS) is 24.4. The minimum atomic E-state index is -0.685. The topological polar surface area (TPSA) is 88.7 Å². The van der Waals surface area contributed by atoms with Crippen LogP contribution in [0.1, 0.15) is 10.9 Å². The van der Waals surface area contributed by atoms with E-state index in [0.29, 0.717) is 0 Å². The van der Waals surface area contributed by atoms with Gasteiger partial charge in [0.1, 0.15) is 6.04 Å². The van der Waals surface area contributed by atoms with Gasteiger partial charge in [-0.1, -0.05) is 30.3 Å². The summed E-state index contributed by atoms with van der Waals surface area (Å²) in [5.41, 5.74) is 1.92. The van der Waals surface area contributed by atoms with Gasteiger partial charge in [-0.3, -0.25) is 14.9 Å². The Labute approximate surface area is 184 Å². The Kier molecular flexibility index (Phi) is 5.07. The summed E-state index contributed by atoms with van der Waals surface area (Å²) in [6.07, 6.45) is 0. The number of rotatable bonds is 4. The Morgan fingerprint density at radius 1 is 0.935 bits per heavy atom. The van der Waals surface area contributed by atoms with E-state index < -0.39 is 23.7 Å². The minimum absolute atomic E-state index is 0.349. The van der Waals surface area contributed by atoms with Crippen molar-refractivity contribution in [2.24, 2.45) is 5.92 Å². The highest BCUT2D eigenvalue weighted by Gasteiger charge is 2.57. The molecule has 3 N–H and O–H groups in total. The molecule has 0 spiro atoms. The zero-order valence-corrected chi connectivity index (χ0v) is 17.9. The molecule has 5 rings (SSSR count). The molecular weight excluding hydrogens is 413 g/mol. The number of carbonyl (C=O) groups excluding carboxylic acids is 2. The fraction of sp³-hybridized carbons (Fsp3) is 0.273. The SMILES string of the molecule is COC(=O)[C@H]1[C@H](B2Nc3cccc4cccc(c34)N2)[C@@H](C(=O)OC)N[C@H]1c1cccs1. The van der Waals surface area contributed by atoms with Gasteiger partial charge in [0.2, 0.25) is 0 Å². The second-order valence-corrected chi connectivity index (χ2v) is 8.74. The molecule has 4 atom stereocenters. The zero-order valence-electron chi connectivity index (χ0n) is 17.1. The van der Waals surface area contributed by atoms with Gasteiger partial charge in [-0.25, -0.2) is 0 Å².